The van der Waals surface area contributed by atoms with Gasteiger partial charge in [0, 0.05) is 24.2 Å². The molecule has 0 radical (unpaired) electrons. The van der Waals surface area contributed by atoms with Crippen LogP contribution in [0.3, 0.4) is 0 Å². The first-order valence-corrected chi connectivity index (χ1v) is 10.4. The summed E-state index contributed by atoms with van der Waals surface area (Å²) in [6.07, 6.45) is 9.11. The summed E-state index contributed by atoms with van der Waals surface area (Å²) in [6.45, 7) is 3.30. The standard InChI is InChI=1S/C22H28ClN3O/c23-20-5-3-18(4-6-20)19-11-15-26(16-12-19)14-10-17-1-7-21(8-2-17)25-22(27)9-13-24/h3-6,11,17,21H,1-2,7-10,12,14-16H2,(H,25,27). The number of halogens is 1. The maximum absolute atomic E-state index is 11.5. The van der Waals surface area contributed by atoms with Gasteiger partial charge in [-0.3, -0.25) is 9.69 Å². The molecule has 3 rings (SSSR count). The Morgan fingerprint density at radius 3 is 2.59 bits per heavy atom. The summed E-state index contributed by atoms with van der Waals surface area (Å²) in [5, 5.41) is 12.3. The molecule has 1 heterocycles. The van der Waals surface area contributed by atoms with Gasteiger partial charge in [-0.1, -0.05) is 29.8 Å². The Kier molecular flexibility index (Phi) is 7.32. The lowest BCUT2D eigenvalue weighted by Gasteiger charge is -2.32. The molecule has 1 aromatic rings. The van der Waals surface area contributed by atoms with Crippen molar-refractivity contribution < 1.29 is 4.79 Å². The smallest absolute Gasteiger partial charge is 0.234 e. The van der Waals surface area contributed by atoms with Crippen LogP contribution in [0.1, 0.15) is 50.5 Å². The molecule has 0 saturated heterocycles. The van der Waals surface area contributed by atoms with Crippen LogP contribution in [0.2, 0.25) is 5.02 Å². The van der Waals surface area contributed by atoms with E-state index < -0.39 is 0 Å². The Hall–Kier alpha value is -1.83. The molecule has 1 aliphatic carbocycles. The van der Waals surface area contributed by atoms with Crippen molar-refractivity contribution in [2.75, 3.05) is 19.6 Å². The number of amides is 1. The molecule has 1 saturated carbocycles. The number of nitriles is 1. The van der Waals surface area contributed by atoms with Crippen LogP contribution in [-0.4, -0.2) is 36.5 Å². The first-order chi connectivity index (χ1) is 13.1. The Balaban J connectivity index is 1.36. The fourth-order valence-corrected chi connectivity index (χ4v) is 4.28. The second-order valence-corrected chi connectivity index (χ2v) is 8.13. The van der Waals surface area contributed by atoms with Crippen LogP contribution in [-0.2, 0) is 4.79 Å². The molecular weight excluding hydrogens is 358 g/mol. The minimum atomic E-state index is -0.127. The zero-order valence-corrected chi connectivity index (χ0v) is 16.5. The van der Waals surface area contributed by atoms with Crippen molar-refractivity contribution >= 4 is 23.1 Å². The molecule has 1 aliphatic heterocycles. The lowest BCUT2D eigenvalue weighted by atomic mass is 9.84. The van der Waals surface area contributed by atoms with E-state index >= 15 is 0 Å². The number of rotatable bonds is 6. The highest BCUT2D eigenvalue weighted by molar-refractivity contribution is 6.30. The number of hydrogen-bond acceptors (Lipinski definition) is 3. The van der Waals surface area contributed by atoms with Gasteiger partial charge in [0.15, 0.2) is 0 Å². The Bertz CT molecular complexity index is 699. The Labute approximate surface area is 167 Å². The van der Waals surface area contributed by atoms with Crippen molar-refractivity contribution in [3.63, 3.8) is 0 Å². The fourth-order valence-electron chi connectivity index (χ4n) is 4.15. The molecule has 2 aliphatic rings. The third-order valence-electron chi connectivity index (χ3n) is 5.81. The van der Waals surface area contributed by atoms with E-state index in [0.717, 1.165) is 49.8 Å². The topological polar surface area (TPSA) is 56.1 Å². The number of carbonyl (C=O) groups is 1. The van der Waals surface area contributed by atoms with Crippen molar-refractivity contribution in [3.8, 4) is 6.07 Å². The maximum atomic E-state index is 11.5. The summed E-state index contributed by atoms with van der Waals surface area (Å²) in [5.74, 6) is 0.633. The molecule has 27 heavy (non-hydrogen) atoms. The molecule has 1 aromatic carbocycles. The van der Waals surface area contributed by atoms with Gasteiger partial charge < -0.3 is 5.32 Å². The summed E-state index contributed by atoms with van der Waals surface area (Å²) in [4.78, 5) is 14.1. The lowest BCUT2D eigenvalue weighted by Crippen LogP contribution is -2.38. The van der Waals surface area contributed by atoms with Crippen molar-refractivity contribution in [3.05, 3.63) is 40.9 Å². The Morgan fingerprint density at radius 1 is 1.22 bits per heavy atom. The predicted octanol–water partition coefficient (Wildman–Crippen LogP) is 4.41. The average molecular weight is 386 g/mol. The maximum Gasteiger partial charge on any atom is 0.234 e. The highest BCUT2D eigenvalue weighted by atomic mass is 35.5. The van der Waals surface area contributed by atoms with Crippen LogP contribution < -0.4 is 5.32 Å². The van der Waals surface area contributed by atoms with E-state index in [2.05, 4.69) is 28.4 Å². The summed E-state index contributed by atoms with van der Waals surface area (Å²) in [6, 6.07) is 10.3. The van der Waals surface area contributed by atoms with E-state index in [9.17, 15) is 4.79 Å². The second-order valence-electron chi connectivity index (χ2n) is 7.70. The number of hydrogen-bond donors (Lipinski definition) is 1. The van der Waals surface area contributed by atoms with Gasteiger partial charge in [0.25, 0.3) is 0 Å². The van der Waals surface area contributed by atoms with Crippen molar-refractivity contribution in [2.24, 2.45) is 5.92 Å². The first kappa shape index (κ1) is 19.9. The van der Waals surface area contributed by atoms with Crippen LogP contribution in [0, 0.1) is 17.2 Å². The molecule has 0 unspecified atom stereocenters. The van der Waals surface area contributed by atoms with E-state index in [1.807, 2.05) is 18.2 Å². The number of carbonyl (C=O) groups excluding carboxylic acids is 1. The third-order valence-corrected chi connectivity index (χ3v) is 6.07. The first-order valence-electron chi connectivity index (χ1n) is 9.97. The van der Waals surface area contributed by atoms with E-state index in [4.69, 9.17) is 16.9 Å². The van der Waals surface area contributed by atoms with Gasteiger partial charge in [-0.25, -0.2) is 0 Å². The van der Waals surface area contributed by atoms with E-state index in [1.165, 1.54) is 30.4 Å². The summed E-state index contributed by atoms with van der Waals surface area (Å²) < 4.78 is 0. The van der Waals surface area contributed by atoms with Gasteiger partial charge in [0.2, 0.25) is 5.91 Å². The highest BCUT2D eigenvalue weighted by Gasteiger charge is 2.23. The number of nitrogens with zero attached hydrogens (tertiary/aromatic N) is 2. The van der Waals surface area contributed by atoms with E-state index in [1.54, 1.807) is 0 Å². The molecule has 0 bridgehead atoms. The summed E-state index contributed by atoms with van der Waals surface area (Å²) in [5.41, 5.74) is 2.72. The summed E-state index contributed by atoms with van der Waals surface area (Å²) >= 11 is 5.98. The van der Waals surface area contributed by atoms with Gasteiger partial charge in [-0.05, 0) is 74.3 Å². The van der Waals surface area contributed by atoms with Crippen molar-refractivity contribution in [1.82, 2.24) is 10.2 Å². The largest absolute Gasteiger partial charge is 0.352 e. The van der Waals surface area contributed by atoms with Crippen LogP contribution >= 0.6 is 11.6 Å². The molecule has 5 heteroatoms. The molecule has 1 N–H and O–H groups in total. The quantitative estimate of drug-likeness (QED) is 0.789. The monoisotopic (exact) mass is 385 g/mol. The molecule has 0 aromatic heterocycles. The minimum Gasteiger partial charge on any atom is -0.352 e. The fraction of sp³-hybridized carbons (Fsp3) is 0.545. The van der Waals surface area contributed by atoms with Gasteiger partial charge in [0.1, 0.15) is 6.42 Å². The van der Waals surface area contributed by atoms with Crippen molar-refractivity contribution in [2.45, 2.75) is 51.0 Å². The van der Waals surface area contributed by atoms with Crippen LogP contribution in [0.25, 0.3) is 5.57 Å². The van der Waals surface area contributed by atoms with Crippen molar-refractivity contribution in [1.29, 1.82) is 5.26 Å². The lowest BCUT2D eigenvalue weighted by molar-refractivity contribution is -0.121. The molecule has 0 spiro atoms. The van der Waals surface area contributed by atoms with Crippen LogP contribution in [0.4, 0.5) is 0 Å². The van der Waals surface area contributed by atoms with Gasteiger partial charge >= 0.3 is 0 Å². The second kappa shape index (κ2) is 9.92. The van der Waals surface area contributed by atoms with Crippen LogP contribution in [0.15, 0.2) is 30.3 Å². The predicted molar refractivity (Wildman–Crippen MR) is 109 cm³/mol. The SMILES string of the molecule is N#CCC(=O)NC1CCC(CCN2CC=C(c3ccc(Cl)cc3)CC2)CC1. The molecule has 1 fully saturated rings. The van der Waals surface area contributed by atoms with Crippen LogP contribution in [0.5, 0.6) is 0 Å². The zero-order valence-electron chi connectivity index (χ0n) is 15.8. The zero-order chi connectivity index (χ0) is 19.1. The normalized spacial score (nSPS) is 23.3. The molecule has 1 amide bonds. The third kappa shape index (κ3) is 6.09. The van der Waals surface area contributed by atoms with Gasteiger partial charge in [-0.2, -0.15) is 5.26 Å². The molecule has 4 nitrogen and oxygen atoms in total. The minimum absolute atomic E-state index is 0.0274. The average Bonchev–Trinajstić information content (AvgIpc) is 2.69. The van der Waals surface area contributed by atoms with E-state index in [-0.39, 0.29) is 18.4 Å². The number of benzene rings is 1. The number of nitrogens with one attached hydrogen (secondary N) is 1. The Morgan fingerprint density at radius 2 is 1.96 bits per heavy atom. The van der Waals surface area contributed by atoms with Gasteiger partial charge in [-0.15, -0.1) is 0 Å². The van der Waals surface area contributed by atoms with E-state index in [0.29, 0.717) is 0 Å². The molecule has 0 atom stereocenters. The molecular formula is C22H28ClN3O. The highest BCUT2D eigenvalue weighted by Crippen LogP contribution is 2.28. The van der Waals surface area contributed by atoms with Gasteiger partial charge in [0.05, 0.1) is 6.07 Å². The summed E-state index contributed by atoms with van der Waals surface area (Å²) in [7, 11) is 0. The molecule has 144 valence electrons.